The molecule has 0 heterocycles. The van der Waals surface area contributed by atoms with Gasteiger partial charge < -0.3 is 10.4 Å². The average molecular weight is 253 g/mol. The summed E-state index contributed by atoms with van der Waals surface area (Å²) in [6.07, 6.45) is 8.59. The van der Waals surface area contributed by atoms with E-state index in [0.29, 0.717) is 19.3 Å². The number of hydrogen-bond donors (Lipinski definition) is 2. The minimum atomic E-state index is -0.690. The lowest BCUT2D eigenvalue weighted by atomic mass is 9.82. The Morgan fingerprint density at radius 2 is 1.72 bits per heavy atom. The highest BCUT2D eigenvalue weighted by molar-refractivity contribution is 5.76. The van der Waals surface area contributed by atoms with E-state index in [9.17, 15) is 9.59 Å². The highest BCUT2D eigenvalue weighted by atomic mass is 16.4. The van der Waals surface area contributed by atoms with E-state index < -0.39 is 5.97 Å². The van der Waals surface area contributed by atoms with Crippen LogP contribution in [0.25, 0.3) is 0 Å². The fourth-order valence-electron chi connectivity index (χ4n) is 2.90. The van der Waals surface area contributed by atoms with Gasteiger partial charge in [-0.25, -0.2) is 0 Å². The van der Waals surface area contributed by atoms with Crippen LogP contribution in [0.1, 0.15) is 57.8 Å². The number of carbonyl (C=O) groups excluding carboxylic acids is 1. The molecule has 2 saturated carbocycles. The first kappa shape index (κ1) is 13.4. The molecule has 0 aromatic carbocycles. The molecule has 2 aliphatic carbocycles. The SMILES string of the molecule is O=C(CCC1CCC1)NC1CCC(C(=O)O)CC1. The fourth-order valence-corrected chi connectivity index (χ4v) is 2.90. The summed E-state index contributed by atoms with van der Waals surface area (Å²) < 4.78 is 0. The Bertz CT molecular complexity index is 304. The summed E-state index contributed by atoms with van der Waals surface area (Å²) in [4.78, 5) is 22.6. The summed E-state index contributed by atoms with van der Waals surface area (Å²) in [6.45, 7) is 0. The lowest BCUT2D eigenvalue weighted by molar-refractivity contribution is -0.142. The molecule has 0 unspecified atom stereocenters. The molecule has 0 radical (unpaired) electrons. The number of aliphatic carboxylic acids is 1. The second kappa shape index (κ2) is 6.21. The monoisotopic (exact) mass is 253 g/mol. The maximum atomic E-state index is 11.7. The normalized spacial score (nSPS) is 28.4. The van der Waals surface area contributed by atoms with Gasteiger partial charge in [0.1, 0.15) is 0 Å². The molecule has 2 rings (SSSR count). The molecule has 0 spiro atoms. The van der Waals surface area contributed by atoms with Crippen molar-refractivity contribution < 1.29 is 14.7 Å². The Labute approximate surface area is 108 Å². The molecule has 2 aliphatic rings. The van der Waals surface area contributed by atoms with Crippen LogP contribution in [-0.2, 0) is 9.59 Å². The van der Waals surface area contributed by atoms with E-state index in [0.717, 1.165) is 25.2 Å². The second-order valence-corrected chi connectivity index (χ2v) is 5.79. The molecule has 4 heteroatoms. The van der Waals surface area contributed by atoms with Gasteiger partial charge in [0.2, 0.25) is 5.91 Å². The zero-order valence-electron chi connectivity index (χ0n) is 10.9. The van der Waals surface area contributed by atoms with Crippen molar-refractivity contribution in [3.63, 3.8) is 0 Å². The number of hydrogen-bond acceptors (Lipinski definition) is 2. The van der Waals surface area contributed by atoms with Crippen molar-refractivity contribution in [2.45, 2.75) is 63.8 Å². The fraction of sp³-hybridized carbons (Fsp3) is 0.857. The molecule has 4 nitrogen and oxygen atoms in total. The van der Waals surface area contributed by atoms with Crippen LogP contribution >= 0.6 is 0 Å². The van der Waals surface area contributed by atoms with Crippen LogP contribution in [0.4, 0.5) is 0 Å². The lowest BCUT2D eigenvalue weighted by Gasteiger charge is -2.28. The van der Waals surface area contributed by atoms with Crippen LogP contribution in [0.5, 0.6) is 0 Å². The number of rotatable bonds is 5. The Morgan fingerprint density at radius 3 is 2.22 bits per heavy atom. The molecule has 0 bridgehead atoms. The van der Waals surface area contributed by atoms with Gasteiger partial charge in [0.05, 0.1) is 5.92 Å². The molecule has 102 valence electrons. The quantitative estimate of drug-likeness (QED) is 0.790. The van der Waals surface area contributed by atoms with Gasteiger partial charge in [-0.15, -0.1) is 0 Å². The zero-order chi connectivity index (χ0) is 13.0. The number of carbonyl (C=O) groups is 2. The van der Waals surface area contributed by atoms with Gasteiger partial charge in [-0.3, -0.25) is 9.59 Å². The highest BCUT2D eigenvalue weighted by Crippen LogP contribution is 2.30. The van der Waals surface area contributed by atoms with Gasteiger partial charge in [-0.1, -0.05) is 19.3 Å². The third kappa shape index (κ3) is 3.72. The summed E-state index contributed by atoms with van der Waals surface area (Å²) >= 11 is 0. The Kier molecular flexibility index (Phi) is 4.61. The van der Waals surface area contributed by atoms with Crippen molar-refractivity contribution in [3.05, 3.63) is 0 Å². The van der Waals surface area contributed by atoms with E-state index >= 15 is 0 Å². The maximum Gasteiger partial charge on any atom is 0.306 e. The highest BCUT2D eigenvalue weighted by Gasteiger charge is 2.27. The average Bonchev–Trinajstić information content (AvgIpc) is 2.27. The molecular weight excluding hydrogens is 230 g/mol. The van der Waals surface area contributed by atoms with Crippen molar-refractivity contribution in [1.82, 2.24) is 5.32 Å². The summed E-state index contributed by atoms with van der Waals surface area (Å²) in [7, 11) is 0. The summed E-state index contributed by atoms with van der Waals surface area (Å²) in [5.41, 5.74) is 0. The molecule has 2 N–H and O–H groups in total. The van der Waals surface area contributed by atoms with E-state index in [1.54, 1.807) is 0 Å². The van der Waals surface area contributed by atoms with Crippen molar-refractivity contribution in [2.24, 2.45) is 11.8 Å². The van der Waals surface area contributed by atoms with E-state index in [1.165, 1.54) is 19.3 Å². The molecular formula is C14H23NO3. The molecule has 0 aromatic heterocycles. The van der Waals surface area contributed by atoms with Gasteiger partial charge in [0.15, 0.2) is 0 Å². The molecule has 2 fully saturated rings. The first-order valence-corrected chi connectivity index (χ1v) is 7.17. The number of carboxylic acid groups (broad SMARTS) is 1. The number of carboxylic acids is 1. The predicted octanol–water partition coefficient (Wildman–Crippen LogP) is 2.33. The third-order valence-electron chi connectivity index (χ3n) is 4.45. The van der Waals surface area contributed by atoms with Crippen LogP contribution in [0.2, 0.25) is 0 Å². The largest absolute Gasteiger partial charge is 0.481 e. The number of nitrogens with one attached hydrogen (secondary N) is 1. The standard InChI is InChI=1S/C14H23NO3/c16-13(9-4-10-2-1-3-10)15-12-7-5-11(6-8-12)14(17)18/h10-12H,1-9H2,(H,15,16)(H,17,18). The van der Waals surface area contributed by atoms with Gasteiger partial charge in [0, 0.05) is 12.5 Å². The number of amides is 1. The van der Waals surface area contributed by atoms with Crippen LogP contribution in [0.3, 0.4) is 0 Å². The van der Waals surface area contributed by atoms with Crippen molar-refractivity contribution in [1.29, 1.82) is 0 Å². The van der Waals surface area contributed by atoms with Gasteiger partial charge >= 0.3 is 5.97 Å². The molecule has 1 amide bonds. The minimum absolute atomic E-state index is 0.153. The summed E-state index contributed by atoms with van der Waals surface area (Å²) in [5, 5.41) is 11.9. The molecule has 0 atom stereocenters. The third-order valence-corrected chi connectivity index (χ3v) is 4.45. The molecule has 0 saturated heterocycles. The van der Waals surface area contributed by atoms with Crippen LogP contribution in [-0.4, -0.2) is 23.0 Å². The van der Waals surface area contributed by atoms with Crippen molar-refractivity contribution in [2.75, 3.05) is 0 Å². The van der Waals surface area contributed by atoms with Crippen LogP contribution in [0.15, 0.2) is 0 Å². The van der Waals surface area contributed by atoms with Crippen LogP contribution < -0.4 is 5.32 Å². The van der Waals surface area contributed by atoms with Crippen molar-refractivity contribution in [3.8, 4) is 0 Å². The van der Waals surface area contributed by atoms with Crippen LogP contribution in [0, 0.1) is 11.8 Å². The summed E-state index contributed by atoms with van der Waals surface area (Å²) in [5.74, 6) is 0.0389. The second-order valence-electron chi connectivity index (χ2n) is 5.79. The van der Waals surface area contributed by atoms with E-state index in [2.05, 4.69) is 5.32 Å². The maximum absolute atomic E-state index is 11.7. The van der Waals surface area contributed by atoms with E-state index in [1.807, 2.05) is 0 Å². The molecule has 18 heavy (non-hydrogen) atoms. The Hall–Kier alpha value is -1.06. The lowest BCUT2D eigenvalue weighted by Crippen LogP contribution is -2.38. The minimum Gasteiger partial charge on any atom is -0.481 e. The van der Waals surface area contributed by atoms with Gasteiger partial charge in [0.25, 0.3) is 0 Å². The smallest absolute Gasteiger partial charge is 0.306 e. The topological polar surface area (TPSA) is 66.4 Å². The first-order chi connectivity index (χ1) is 8.65. The molecule has 0 aliphatic heterocycles. The van der Waals surface area contributed by atoms with E-state index in [-0.39, 0.29) is 17.9 Å². The van der Waals surface area contributed by atoms with Crippen molar-refractivity contribution >= 4 is 11.9 Å². The van der Waals surface area contributed by atoms with Gasteiger partial charge in [-0.2, -0.15) is 0 Å². The first-order valence-electron chi connectivity index (χ1n) is 7.17. The summed E-state index contributed by atoms with van der Waals surface area (Å²) in [6, 6.07) is 0.203. The van der Waals surface area contributed by atoms with E-state index in [4.69, 9.17) is 5.11 Å². The Balaban J connectivity index is 1.61. The molecule has 0 aromatic rings. The van der Waals surface area contributed by atoms with Gasteiger partial charge in [-0.05, 0) is 38.0 Å². The zero-order valence-corrected chi connectivity index (χ0v) is 10.9. The predicted molar refractivity (Wildman–Crippen MR) is 68.1 cm³/mol. The Morgan fingerprint density at radius 1 is 1.06 bits per heavy atom.